The highest BCUT2D eigenvalue weighted by Crippen LogP contribution is 2.31. The van der Waals surface area contributed by atoms with E-state index in [1.54, 1.807) is 12.1 Å². The van der Waals surface area contributed by atoms with Gasteiger partial charge in [0.15, 0.2) is 5.78 Å². The number of hydrogen-bond donors (Lipinski definition) is 0. The molecule has 1 atom stereocenters. The van der Waals surface area contributed by atoms with Gasteiger partial charge in [-0.1, -0.05) is 22.8 Å². The van der Waals surface area contributed by atoms with Gasteiger partial charge >= 0.3 is 6.36 Å². The van der Waals surface area contributed by atoms with Crippen molar-refractivity contribution >= 4 is 23.1 Å². The molecule has 0 aliphatic carbocycles. The lowest BCUT2D eigenvalue weighted by Crippen LogP contribution is -2.40. The molecule has 0 amide bonds. The summed E-state index contributed by atoms with van der Waals surface area (Å²) in [6.07, 6.45) is -4.50. The Hall–Kier alpha value is -3.07. The zero-order chi connectivity index (χ0) is 21.3. The quantitative estimate of drug-likeness (QED) is 0.581. The number of rotatable bonds is 4. The number of alkyl halides is 3. The Balaban J connectivity index is 1.51. The number of nitrogens with zero attached hydrogens (tertiary/aromatic N) is 3. The number of Topliss-reactive ketones (excluding diaryl/α,β-unsaturated/α-hetero) is 1. The van der Waals surface area contributed by atoms with Crippen molar-refractivity contribution in [1.82, 2.24) is 10.1 Å². The summed E-state index contributed by atoms with van der Waals surface area (Å²) < 4.78 is 46.0. The molecule has 156 valence electrons. The standard InChI is InChI=1S/C20H15ClF3N3O3/c21-14-2-1-3-15(9-14)27-10-13(8-16(28)11-27)19-25-18(26-30-19)12-4-6-17(7-5-12)29-20(22,23)24/h1-7,9,13H,8,10-11H2. The second kappa shape index (κ2) is 7.98. The Bertz CT molecular complexity index is 1050. The van der Waals surface area contributed by atoms with Crippen molar-refractivity contribution < 1.29 is 27.2 Å². The molecular formula is C20H15ClF3N3O3. The van der Waals surface area contributed by atoms with Gasteiger partial charge in [0.05, 0.1) is 12.5 Å². The second-order valence-corrected chi connectivity index (χ2v) is 7.26. The van der Waals surface area contributed by atoms with Crippen molar-refractivity contribution in [2.75, 3.05) is 18.0 Å². The Morgan fingerprint density at radius 3 is 2.63 bits per heavy atom. The average molecular weight is 438 g/mol. The highest BCUT2D eigenvalue weighted by atomic mass is 35.5. The average Bonchev–Trinajstić information content (AvgIpc) is 3.17. The van der Waals surface area contributed by atoms with E-state index in [4.69, 9.17) is 16.1 Å². The molecule has 1 unspecified atom stereocenters. The molecule has 0 saturated carbocycles. The number of carbonyl (C=O) groups excluding carboxylic acids is 1. The van der Waals surface area contributed by atoms with E-state index in [0.717, 1.165) is 5.69 Å². The molecular weight excluding hydrogens is 423 g/mol. The maximum absolute atomic E-state index is 12.3. The van der Waals surface area contributed by atoms with E-state index < -0.39 is 6.36 Å². The van der Waals surface area contributed by atoms with E-state index in [0.29, 0.717) is 23.0 Å². The first-order valence-corrected chi connectivity index (χ1v) is 9.36. The van der Waals surface area contributed by atoms with E-state index in [1.165, 1.54) is 24.3 Å². The zero-order valence-corrected chi connectivity index (χ0v) is 16.2. The SMILES string of the molecule is O=C1CC(c2nc(-c3ccc(OC(F)(F)F)cc3)no2)CN(c2cccc(Cl)c2)C1. The smallest absolute Gasteiger partial charge is 0.406 e. The van der Waals surface area contributed by atoms with Crippen LogP contribution in [0.1, 0.15) is 18.2 Å². The lowest BCUT2D eigenvalue weighted by Gasteiger charge is -2.31. The first kappa shape index (κ1) is 20.2. The number of halogens is 4. The molecule has 1 saturated heterocycles. The molecule has 2 aromatic carbocycles. The van der Waals surface area contributed by atoms with Crippen LogP contribution in [0.2, 0.25) is 5.02 Å². The molecule has 0 N–H and O–H groups in total. The maximum atomic E-state index is 12.3. The number of ether oxygens (including phenoxy) is 1. The minimum absolute atomic E-state index is 0.0274. The highest BCUT2D eigenvalue weighted by molar-refractivity contribution is 6.30. The van der Waals surface area contributed by atoms with Crippen LogP contribution in [-0.4, -0.2) is 35.4 Å². The Morgan fingerprint density at radius 1 is 1.17 bits per heavy atom. The van der Waals surface area contributed by atoms with Crippen LogP contribution in [0.25, 0.3) is 11.4 Å². The third-order valence-corrected chi connectivity index (χ3v) is 4.83. The zero-order valence-electron chi connectivity index (χ0n) is 15.4. The molecule has 1 aliphatic rings. The van der Waals surface area contributed by atoms with Crippen molar-refractivity contribution in [3.63, 3.8) is 0 Å². The largest absolute Gasteiger partial charge is 0.573 e. The number of anilines is 1. The number of aromatic nitrogens is 2. The second-order valence-electron chi connectivity index (χ2n) is 6.83. The lowest BCUT2D eigenvalue weighted by atomic mass is 9.96. The minimum atomic E-state index is -4.76. The highest BCUT2D eigenvalue weighted by Gasteiger charge is 2.32. The minimum Gasteiger partial charge on any atom is -0.406 e. The van der Waals surface area contributed by atoms with Crippen molar-refractivity contribution in [2.24, 2.45) is 0 Å². The Morgan fingerprint density at radius 2 is 1.93 bits per heavy atom. The fourth-order valence-corrected chi connectivity index (χ4v) is 3.49. The molecule has 6 nitrogen and oxygen atoms in total. The van der Waals surface area contributed by atoms with E-state index in [2.05, 4.69) is 14.9 Å². The fraction of sp³-hybridized carbons (Fsp3) is 0.250. The predicted octanol–water partition coefficient (Wildman–Crippen LogP) is 4.85. The summed E-state index contributed by atoms with van der Waals surface area (Å²) in [6, 6.07) is 12.4. The first-order valence-electron chi connectivity index (χ1n) is 8.99. The Labute approximate surface area is 174 Å². The number of carbonyl (C=O) groups is 1. The number of piperidine rings is 1. The molecule has 0 spiro atoms. The molecule has 3 aromatic rings. The van der Waals surface area contributed by atoms with Crippen molar-refractivity contribution in [1.29, 1.82) is 0 Å². The predicted molar refractivity (Wildman–Crippen MR) is 102 cm³/mol. The third-order valence-electron chi connectivity index (χ3n) is 4.59. The molecule has 4 rings (SSSR count). The summed E-state index contributed by atoms with van der Waals surface area (Å²) in [6.45, 7) is 0.755. The molecule has 2 heterocycles. The molecule has 1 aliphatic heterocycles. The van der Waals surface area contributed by atoms with Gasteiger partial charge in [-0.05, 0) is 42.5 Å². The summed E-state index contributed by atoms with van der Waals surface area (Å²) in [5.41, 5.74) is 1.29. The van der Waals surface area contributed by atoms with Gasteiger partial charge < -0.3 is 14.2 Å². The number of benzene rings is 2. The van der Waals surface area contributed by atoms with Gasteiger partial charge in [0.2, 0.25) is 11.7 Å². The van der Waals surface area contributed by atoms with Crippen LogP contribution >= 0.6 is 11.6 Å². The van der Waals surface area contributed by atoms with Gasteiger partial charge in [-0.3, -0.25) is 4.79 Å². The van der Waals surface area contributed by atoms with Gasteiger partial charge in [0.25, 0.3) is 0 Å². The molecule has 0 radical (unpaired) electrons. The molecule has 30 heavy (non-hydrogen) atoms. The van der Waals surface area contributed by atoms with E-state index >= 15 is 0 Å². The summed E-state index contributed by atoms with van der Waals surface area (Å²) >= 11 is 6.05. The lowest BCUT2D eigenvalue weighted by molar-refractivity contribution is -0.274. The van der Waals surface area contributed by atoms with Gasteiger partial charge in [-0.2, -0.15) is 4.98 Å². The first-order chi connectivity index (χ1) is 14.3. The summed E-state index contributed by atoms with van der Waals surface area (Å²) in [4.78, 5) is 18.5. The number of ketones is 1. The Kier molecular flexibility index (Phi) is 5.38. The van der Waals surface area contributed by atoms with Crippen LogP contribution in [0.3, 0.4) is 0 Å². The normalized spacial score (nSPS) is 17.3. The monoisotopic (exact) mass is 437 g/mol. The van der Waals surface area contributed by atoms with E-state index in [-0.39, 0.29) is 36.2 Å². The summed E-state index contributed by atoms with van der Waals surface area (Å²) in [5, 5.41) is 4.47. The van der Waals surface area contributed by atoms with Crippen molar-refractivity contribution in [2.45, 2.75) is 18.7 Å². The topological polar surface area (TPSA) is 68.5 Å². The number of hydrogen-bond acceptors (Lipinski definition) is 6. The van der Waals surface area contributed by atoms with Crippen LogP contribution in [0.4, 0.5) is 18.9 Å². The van der Waals surface area contributed by atoms with E-state index in [9.17, 15) is 18.0 Å². The third kappa shape index (κ3) is 4.73. The summed E-state index contributed by atoms with van der Waals surface area (Å²) in [5.74, 6) is -0.111. The van der Waals surface area contributed by atoms with Crippen LogP contribution in [0.15, 0.2) is 53.1 Å². The van der Waals surface area contributed by atoms with Crippen molar-refractivity contribution in [3.8, 4) is 17.1 Å². The van der Waals surface area contributed by atoms with Crippen LogP contribution < -0.4 is 9.64 Å². The van der Waals surface area contributed by atoms with Crippen LogP contribution in [-0.2, 0) is 4.79 Å². The van der Waals surface area contributed by atoms with Gasteiger partial charge in [-0.15, -0.1) is 13.2 Å². The fourth-order valence-electron chi connectivity index (χ4n) is 3.31. The van der Waals surface area contributed by atoms with Crippen LogP contribution in [0.5, 0.6) is 5.75 Å². The molecule has 0 bridgehead atoms. The maximum Gasteiger partial charge on any atom is 0.573 e. The van der Waals surface area contributed by atoms with Gasteiger partial charge in [0, 0.05) is 29.2 Å². The van der Waals surface area contributed by atoms with Crippen molar-refractivity contribution in [3.05, 3.63) is 59.4 Å². The van der Waals surface area contributed by atoms with Gasteiger partial charge in [0.1, 0.15) is 5.75 Å². The van der Waals surface area contributed by atoms with Crippen LogP contribution in [0, 0.1) is 0 Å². The van der Waals surface area contributed by atoms with Gasteiger partial charge in [-0.25, -0.2) is 0 Å². The van der Waals surface area contributed by atoms with E-state index in [1.807, 2.05) is 17.0 Å². The summed E-state index contributed by atoms with van der Waals surface area (Å²) in [7, 11) is 0. The molecule has 1 fully saturated rings. The molecule has 10 heteroatoms. The molecule has 1 aromatic heterocycles.